The number of hydrogen-bond donors (Lipinski definition) is 1. The van der Waals surface area contributed by atoms with Gasteiger partial charge in [-0.3, -0.25) is 9.78 Å². The van der Waals surface area contributed by atoms with E-state index in [9.17, 15) is 4.79 Å². The van der Waals surface area contributed by atoms with Gasteiger partial charge in [-0.25, -0.2) is 0 Å². The summed E-state index contributed by atoms with van der Waals surface area (Å²) >= 11 is 0. The van der Waals surface area contributed by atoms with Crippen LogP contribution in [0.25, 0.3) is 0 Å². The molecule has 0 saturated carbocycles. The minimum Gasteiger partial charge on any atom is -0.347 e. The lowest BCUT2D eigenvalue weighted by Crippen LogP contribution is -2.41. The Bertz CT molecular complexity index is 297. The molecule has 1 heterocycles. The molecule has 0 spiro atoms. The fourth-order valence-corrected chi connectivity index (χ4v) is 1.16. The van der Waals surface area contributed by atoms with E-state index in [-0.39, 0.29) is 5.91 Å². The van der Waals surface area contributed by atoms with Crippen molar-refractivity contribution in [3.8, 4) is 0 Å². The van der Waals surface area contributed by atoms with Crippen molar-refractivity contribution in [2.24, 2.45) is 5.73 Å². The van der Waals surface area contributed by atoms with Gasteiger partial charge in [0, 0.05) is 32.4 Å². The number of nitrogens with two attached hydrogens (primary N) is 1. The normalized spacial score (nSPS) is 12.2. The Morgan fingerprint density at radius 3 is 2.79 bits per heavy atom. The lowest BCUT2D eigenvalue weighted by atomic mass is 10.1. The van der Waals surface area contributed by atoms with E-state index in [1.165, 1.54) is 4.90 Å². The highest BCUT2D eigenvalue weighted by Gasteiger charge is 2.15. The number of nitrogens with zero attached hydrogens (tertiary/aromatic N) is 2. The van der Waals surface area contributed by atoms with Crippen molar-refractivity contribution in [3.63, 3.8) is 0 Å². The van der Waals surface area contributed by atoms with Gasteiger partial charge in [-0.1, -0.05) is 6.07 Å². The Morgan fingerprint density at radius 1 is 1.57 bits per heavy atom. The van der Waals surface area contributed by atoms with Crippen molar-refractivity contribution in [2.75, 3.05) is 14.1 Å². The lowest BCUT2D eigenvalue weighted by Gasteiger charge is -2.16. The number of hydrogen-bond acceptors (Lipinski definition) is 3. The molecule has 0 saturated heterocycles. The molecule has 76 valence electrons. The summed E-state index contributed by atoms with van der Waals surface area (Å²) < 4.78 is 0. The summed E-state index contributed by atoms with van der Waals surface area (Å²) in [6, 6.07) is 5.08. The van der Waals surface area contributed by atoms with Gasteiger partial charge in [-0.15, -0.1) is 0 Å². The molecule has 0 aromatic carbocycles. The van der Waals surface area contributed by atoms with E-state index < -0.39 is 6.04 Å². The second-order valence-corrected chi connectivity index (χ2v) is 3.36. The van der Waals surface area contributed by atoms with Crippen LogP contribution in [0.4, 0.5) is 0 Å². The molecule has 1 atom stereocenters. The molecule has 1 aromatic heterocycles. The van der Waals surface area contributed by atoms with E-state index in [2.05, 4.69) is 4.98 Å². The maximum atomic E-state index is 11.4. The first-order valence-electron chi connectivity index (χ1n) is 4.48. The third-order valence-electron chi connectivity index (χ3n) is 1.91. The minimum atomic E-state index is -0.500. The molecule has 1 aromatic rings. The fraction of sp³-hybridized carbons (Fsp3) is 0.400. The maximum absolute atomic E-state index is 11.4. The van der Waals surface area contributed by atoms with Gasteiger partial charge in [0.2, 0.25) is 5.91 Å². The highest BCUT2D eigenvalue weighted by atomic mass is 16.2. The van der Waals surface area contributed by atoms with E-state index in [0.717, 1.165) is 5.69 Å². The van der Waals surface area contributed by atoms with Gasteiger partial charge in [-0.2, -0.15) is 0 Å². The van der Waals surface area contributed by atoms with Crippen LogP contribution in [0.15, 0.2) is 24.4 Å². The van der Waals surface area contributed by atoms with Crippen LogP contribution in [0.1, 0.15) is 5.69 Å². The predicted octanol–water partition coefficient (Wildman–Crippen LogP) is 0.0396. The fourth-order valence-electron chi connectivity index (χ4n) is 1.16. The standard InChI is InChI=1S/C10H15N3O/c1-13(2)10(14)9(11)7-8-5-3-4-6-12-8/h3-6,9H,7,11H2,1-2H3. The van der Waals surface area contributed by atoms with Crippen molar-refractivity contribution >= 4 is 5.91 Å². The monoisotopic (exact) mass is 193 g/mol. The molecule has 0 aliphatic rings. The molecule has 1 unspecified atom stereocenters. The number of carbonyl (C=O) groups excluding carboxylic acids is 1. The number of likely N-dealkylation sites (N-methyl/N-ethyl adjacent to an activating group) is 1. The van der Waals surface area contributed by atoms with Crippen LogP contribution in [-0.2, 0) is 11.2 Å². The number of amides is 1. The Kier molecular flexibility index (Phi) is 3.59. The lowest BCUT2D eigenvalue weighted by molar-refractivity contribution is -0.130. The first-order valence-corrected chi connectivity index (χ1v) is 4.48. The van der Waals surface area contributed by atoms with Crippen LogP contribution in [-0.4, -0.2) is 35.9 Å². The number of pyridine rings is 1. The molecule has 0 aliphatic carbocycles. The zero-order chi connectivity index (χ0) is 10.6. The first-order chi connectivity index (χ1) is 6.61. The second-order valence-electron chi connectivity index (χ2n) is 3.36. The molecule has 1 rings (SSSR count). The van der Waals surface area contributed by atoms with E-state index in [1.54, 1.807) is 20.3 Å². The highest BCUT2D eigenvalue weighted by molar-refractivity contribution is 5.81. The molecule has 0 radical (unpaired) electrons. The van der Waals surface area contributed by atoms with E-state index >= 15 is 0 Å². The summed E-state index contributed by atoms with van der Waals surface area (Å²) in [6.07, 6.45) is 2.18. The van der Waals surface area contributed by atoms with Crippen molar-refractivity contribution < 1.29 is 4.79 Å². The van der Waals surface area contributed by atoms with E-state index in [4.69, 9.17) is 5.73 Å². The van der Waals surface area contributed by atoms with Gasteiger partial charge >= 0.3 is 0 Å². The van der Waals surface area contributed by atoms with Crippen LogP contribution < -0.4 is 5.73 Å². The van der Waals surface area contributed by atoms with Crippen molar-refractivity contribution in [1.29, 1.82) is 0 Å². The Hall–Kier alpha value is -1.42. The van der Waals surface area contributed by atoms with Gasteiger partial charge in [0.05, 0.1) is 6.04 Å². The average Bonchev–Trinajstić information content (AvgIpc) is 2.18. The molecule has 0 aliphatic heterocycles. The van der Waals surface area contributed by atoms with Gasteiger partial charge in [0.1, 0.15) is 0 Å². The number of carbonyl (C=O) groups is 1. The molecule has 14 heavy (non-hydrogen) atoms. The Labute approximate surface area is 83.7 Å². The predicted molar refractivity (Wildman–Crippen MR) is 54.6 cm³/mol. The average molecular weight is 193 g/mol. The summed E-state index contributed by atoms with van der Waals surface area (Å²) in [5, 5.41) is 0. The van der Waals surface area contributed by atoms with Crippen LogP contribution in [0.2, 0.25) is 0 Å². The second kappa shape index (κ2) is 4.72. The quantitative estimate of drug-likeness (QED) is 0.737. The van der Waals surface area contributed by atoms with Crippen LogP contribution in [0, 0.1) is 0 Å². The molecular weight excluding hydrogens is 178 g/mol. The van der Waals surface area contributed by atoms with Crippen LogP contribution in [0.5, 0.6) is 0 Å². The Morgan fingerprint density at radius 2 is 2.29 bits per heavy atom. The summed E-state index contributed by atoms with van der Waals surface area (Å²) in [5.74, 6) is -0.0735. The zero-order valence-electron chi connectivity index (χ0n) is 8.47. The first kappa shape index (κ1) is 10.7. The third-order valence-corrected chi connectivity index (χ3v) is 1.91. The van der Waals surface area contributed by atoms with Crippen molar-refractivity contribution in [1.82, 2.24) is 9.88 Å². The molecule has 0 bridgehead atoms. The molecule has 2 N–H and O–H groups in total. The molecular formula is C10H15N3O. The van der Waals surface area contributed by atoms with Gasteiger partial charge in [-0.05, 0) is 12.1 Å². The van der Waals surface area contributed by atoms with E-state index in [1.807, 2.05) is 18.2 Å². The largest absolute Gasteiger partial charge is 0.347 e. The number of rotatable bonds is 3. The molecule has 0 fully saturated rings. The van der Waals surface area contributed by atoms with Crippen LogP contribution >= 0.6 is 0 Å². The van der Waals surface area contributed by atoms with Crippen LogP contribution in [0.3, 0.4) is 0 Å². The number of aromatic nitrogens is 1. The summed E-state index contributed by atoms with van der Waals surface area (Å²) in [5.41, 5.74) is 6.56. The van der Waals surface area contributed by atoms with Gasteiger partial charge in [0.25, 0.3) is 0 Å². The Balaban J connectivity index is 2.57. The van der Waals surface area contributed by atoms with E-state index in [0.29, 0.717) is 6.42 Å². The molecule has 4 heteroatoms. The van der Waals surface area contributed by atoms with Crippen molar-refractivity contribution in [3.05, 3.63) is 30.1 Å². The minimum absolute atomic E-state index is 0.0735. The SMILES string of the molecule is CN(C)C(=O)C(N)Cc1ccccn1. The molecule has 1 amide bonds. The molecule has 4 nitrogen and oxygen atoms in total. The highest BCUT2D eigenvalue weighted by Crippen LogP contribution is 1.99. The van der Waals surface area contributed by atoms with Gasteiger partial charge in [0.15, 0.2) is 0 Å². The third kappa shape index (κ3) is 2.81. The summed E-state index contributed by atoms with van der Waals surface area (Å²) in [6.45, 7) is 0. The summed E-state index contributed by atoms with van der Waals surface area (Å²) in [4.78, 5) is 17.0. The zero-order valence-corrected chi connectivity index (χ0v) is 8.47. The smallest absolute Gasteiger partial charge is 0.239 e. The van der Waals surface area contributed by atoms with Crippen molar-refractivity contribution in [2.45, 2.75) is 12.5 Å². The topological polar surface area (TPSA) is 59.2 Å². The van der Waals surface area contributed by atoms with Gasteiger partial charge < -0.3 is 10.6 Å². The maximum Gasteiger partial charge on any atom is 0.239 e. The summed E-state index contributed by atoms with van der Waals surface area (Å²) in [7, 11) is 3.39.